The number of aliphatic imine (C=N–C) groups is 1. The molecule has 2 atom stereocenters. The first kappa shape index (κ1) is 14.8. The Hall–Kier alpha value is -0.220. The summed E-state index contributed by atoms with van der Waals surface area (Å²) in [7, 11) is 2.18. The van der Waals surface area contributed by atoms with Crippen LogP contribution in [0.3, 0.4) is 0 Å². The molecule has 3 nitrogen and oxygen atoms in total. The van der Waals surface area contributed by atoms with Gasteiger partial charge in [0.25, 0.3) is 0 Å². The van der Waals surface area contributed by atoms with Crippen LogP contribution in [0.25, 0.3) is 0 Å². The fourth-order valence-electron chi connectivity index (χ4n) is 1.67. The number of thioether (sulfide) groups is 1. The fraction of sp³-hybridized carbons (Fsp3) is 0.923. The molecule has 17 heavy (non-hydrogen) atoms. The smallest absolute Gasteiger partial charge is 0.157 e. The zero-order valence-electron chi connectivity index (χ0n) is 11.9. The Bertz CT molecular complexity index is 267. The third kappa shape index (κ3) is 4.51. The number of hydrogen-bond acceptors (Lipinski definition) is 3. The number of likely N-dealkylation sites (N-methyl/N-ethyl adjacent to an activating group) is 1. The van der Waals surface area contributed by atoms with E-state index in [2.05, 4.69) is 50.0 Å². The van der Waals surface area contributed by atoms with Crippen LogP contribution in [0.1, 0.15) is 40.5 Å². The number of amidine groups is 1. The first-order valence-electron chi connectivity index (χ1n) is 6.66. The van der Waals surface area contributed by atoms with Gasteiger partial charge in [-0.15, -0.1) is 0 Å². The number of rotatable bonds is 6. The molecule has 0 spiro atoms. The second-order valence-electron chi connectivity index (χ2n) is 5.25. The highest BCUT2D eigenvalue weighted by Crippen LogP contribution is 2.25. The minimum Gasteiger partial charge on any atom is -0.359 e. The van der Waals surface area contributed by atoms with Crippen LogP contribution in [-0.2, 0) is 0 Å². The van der Waals surface area contributed by atoms with Gasteiger partial charge in [0.2, 0.25) is 0 Å². The SMILES string of the molecule is CCC(C)N(C)CCN=C1NC(C)(CC)CS1. The Morgan fingerprint density at radius 3 is 2.76 bits per heavy atom. The van der Waals surface area contributed by atoms with E-state index in [1.165, 1.54) is 6.42 Å². The maximum Gasteiger partial charge on any atom is 0.157 e. The summed E-state index contributed by atoms with van der Waals surface area (Å²) in [5.74, 6) is 1.14. The first-order chi connectivity index (χ1) is 8.00. The van der Waals surface area contributed by atoms with Gasteiger partial charge in [0.1, 0.15) is 0 Å². The maximum atomic E-state index is 4.65. The second-order valence-corrected chi connectivity index (χ2v) is 6.22. The molecule has 1 heterocycles. The van der Waals surface area contributed by atoms with Crippen molar-refractivity contribution in [2.45, 2.75) is 52.1 Å². The van der Waals surface area contributed by atoms with Gasteiger partial charge in [-0.1, -0.05) is 25.6 Å². The Balaban J connectivity index is 2.31. The molecule has 0 amide bonds. The van der Waals surface area contributed by atoms with E-state index in [1.807, 2.05) is 11.8 Å². The summed E-state index contributed by atoms with van der Waals surface area (Å²) in [4.78, 5) is 7.03. The largest absolute Gasteiger partial charge is 0.359 e. The molecule has 1 fully saturated rings. The Kier molecular flexibility index (Phi) is 5.80. The Labute approximate surface area is 110 Å². The van der Waals surface area contributed by atoms with Crippen LogP contribution in [0, 0.1) is 0 Å². The van der Waals surface area contributed by atoms with Crippen LogP contribution >= 0.6 is 11.8 Å². The molecule has 0 aromatic carbocycles. The summed E-state index contributed by atoms with van der Waals surface area (Å²) in [5.41, 5.74) is 0.256. The molecule has 2 unspecified atom stereocenters. The predicted molar refractivity (Wildman–Crippen MR) is 79.0 cm³/mol. The molecule has 0 aromatic heterocycles. The number of nitrogens with zero attached hydrogens (tertiary/aromatic N) is 2. The third-order valence-corrected chi connectivity index (χ3v) is 5.05. The van der Waals surface area contributed by atoms with Crippen molar-refractivity contribution < 1.29 is 0 Å². The lowest BCUT2D eigenvalue weighted by molar-refractivity contribution is 0.259. The molecule has 1 aliphatic heterocycles. The minimum atomic E-state index is 0.256. The van der Waals surface area contributed by atoms with Gasteiger partial charge in [0.05, 0.1) is 6.54 Å². The fourth-order valence-corrected chi connectivity index (χ4v) is 2.91. The highest BCUT2D eigenvalue weighted by molar-refractivity contribution is 8.14. The van der Waals surface area contributed by atoms with Gasteiger partial charge < -0.3 is 10.2 Å². The second kappa shape index (κ2) is 6.64. The maximum absolute atomic E-state index is 4.65. The lowest BCUT2D eigenvalue weighted by Gasteiger charge is -2.23. The highest BCUT2D eigenvalue weighted by Gasteiger charge is 2.30. The van der Waals surface area contributed by atoms with Gasteiger partial charge in [-0.25, -0.2) is 0 Å². The molecule has 4 heteroatoms. The van der Waals surface area contributed by atoms with Gasteiger partial charge in [-0.05, 0) is 33.7 Å². The normalized spacial score (nSPS) is 28.7. The van der Waals surface area contributed by atoms with E-state index < -0.39 is 0 Å². The Morgan fingerprint density at radius 2 is 2.24 bits per heavy atom. The van der Waals surface area contributed by atoms with Crippen molar-refractivity contribution in [2.75, 3.05) is 25.9 Å². The highest BCUT2D eigenvalue weighted by atomic mass is 32.2. The average molecular weight is 257 g/mol. The van der Waals surface area contributed by atoms with Gasteiger partial charge in [-0.3, -0.25) is 4.99 Å². The zero-order chi connectivity index (χ0) is 12.9. The van der Waals surface area contributed by atoms with E-state index in [9.17, 15) is 0 Å². The van der Waals surface area contributed by atoms with Crippen LogP contribution in [0.5, 0.6) is 0 Å². The van der Waals surface area contributed by atoms with Crippen molar-refractivity contribution in [3.63, 3.8) is 0 Å². The molecule has 0 bridgehead atoms. The molecule has 0 radical (unpaired) electrons. The van der Waals surface area contributed by atoms with Crippen LogP contribution in [0.2, 0.25) is 0 Å². The number of hydrogen-bond donors (Lipinski definition) is 1. The van der Waals surface area contributed by atoms with Gasteiger partial charge in [-0.2, -0.15) is 0 Å². The minimum absolute atomic E-state index is 0.256. The molecule has 0 aliphatic carbocycles. The van der Waals surface area contributed by atoms with E-state index in [1.54, 1.807) is 0 Å². The quantitative estimate of drug-likeness (QED) is 0.792. The third-order valence-electron chi connectivity index (χ3n) is 3.77. The first-order valence-corrected chi connectivity index (χ1v) is 7.65. The molecule has 1 N–H and O–H groups in total. The van der Waals surface area contributed by atoms with Gasteiger partial charge in [0.15, 0.2) is 5.17 Å². The molecule has 0 saturated carbocycles. The van der Waals surface area contributed by atoms with Crippen molar-refractivity contribution in [1.82, 2.24) is 10.2 Å². The monoisotopic (exact) mass is 257 g/mol. The van der Waals surface area contributed by atoms with E-state index >= 15 is 0 Å². The summed E-state index contributed by atoms with van der Waals surface area (Å²) in [5, 5.41) is 4.66. The lowest BCUT2D eigenvalue weighted by atomic mass is 10.0. The van der Waals surface area contributed by atoms with Crippen molar-refractivity contribution in [1.29, 1.82) is 0 Å². The molecular formula is C13H27N3S. The summed E-state index contributed by atoms with van der Waals surface area (Å²) in [6, 6.07) is 0.653. The summed E-state index contributed by atoms with van der Waals surface area (Å²) < 4.78 is 0. The molecule has 1 rings (SSSR count). The van der Waals surface area contributed by atoms with Crippen LogP contribution in [0.15, 0.2) is 4.99 Å². The zero-order valence-corrected chi connectivity index (χ0v) is 12.7. The van der Waals surface area contributed by atoms with Crippen LogP contribution < -0.4 is 5.32 Å². The van der Waals surface area contributed by atoms with Crippen LogP contribution in [0.4, 0.5) is 0 Å². The van der Waals surface area contributed by atoms with E-state index in [-0.39, 0.29) is 5.54 Å². The number of nitrogens with one attached hydrogen (secondary N) is 1. The standard InChI is InChI=1S/C13H27N3S/c1-6-11(3)16(5)9-8-14-12-15-13(4,7-2)10-17-12/h11H,6-10H2,1-5H3,(H,14,15). The summed E-state index contributed by atoms with van der Waals surface area (Å²) in [6.07, 6.45) is 2.36. The van der Waals surface area contributed by atoms with Crippen molar-refractivity contribution in [2.24, 2.45) is 4.99 Å². The van der Waals surface area contributed by atoms with E-state index in [4.69, 9.17) is 0 Å². The van der Waals surface area contributed by atoms with Crippen molar-refractivity contribution in [3.05, 3.63) is 0 Å². The van der Waals surface area contributed by atoms with E-state index in [0.29, 0.717) is 6.04 Å². The average Bonchev–Trinajstić information content (AvgIpc) is 2.71. The molecule has 0 aromatic rings. The molecular weight excluding hydrogens is 230 g/mol. The van der Waals surface area contributed by atoms with Crippen LogP contribution in [-0.4, -0.2) is 47.5 Å². The van der Waals surface area contributed by atoms with Gasteiger partial charge >= 0.3 is 0 Å². The predicted octanol–water partition coefficient (Wildman–Crippen LogP) is 2.58. The van der Waals surface area contributed by atoms with Gasteiger partial charge in [0, 0.05) is 23.9 Å². The van der Waals surface area contributed by atoms with Crippen molar-refractivity contribution in [3.8, 4) is 0 Å². The molecule has 100 valence electrons. The van der Waals surface area contributed by atoms with Crippen molar-refractivity contribution >= 4 is 16.9 Å². The molecule has 1 aliphatic rings. The lowest BCUT2D eigenvalue weighted by Crippen LogP contribution is -2.40. The summed E-state index contributed by atoms with van der Waals surface area (Å²) in [6.45, 7) is 10.9. The Morgan fingerprint density at radius 1 is 1.53 bits per heavy atom. The van der Waals surface area contributed by atoms with E-state index in [0.717, 1.165) is 30.4 Å². The topological polar surface area (TPSA) is 27.6 Å². The molecule has 1 saturated heterocycles. The summed E-state index contributed by atoms with van der Waals surface area (Å²) >= 11 is 1.86.